The summed E-state index contributed by atoms with van der Waals surface area (Å²) < 4.78 is 31.8. The second-order valence-electron chi connectivity index (χ2n) is 11.6. The first-order valence-corrected chi connectivity index (χ1v) is 14.5. The van der Waals surface area contributed by atoms with Crippen LogP contribution in [-0.2, 0) is 12.8 Å². The number of halogens is 2. The largest absolute Gasteiger partial charge is 0.240 e. The molecule has 0 amide bonds. The van der Waals surface area contributed by atoms with Crippen molar-refractivity contribution < 1.29 is 8.78 Å². The van der Waals surface area contributed by atoms with Crippen molar-refractivity contribution in [3.63, 3.8) is 0 Å². The maximum Gasteiger partial charge on any atom is 0.162 e. The minimum absolute atomic E-state index is 0.0168. The van der Waals surface area contributed by atoms with E-state index in [1.54, 1.807) is 12.1 Å². The van der Waals surface area contributed by atoms with Gasteiger partial charge >= 0.3 is 0 Å². The molecule has 7 rings (SSSR count). The van der Waals surface area contributed by atoms with Gasteiger partial charge in [0.05, 0.1) is 11.4 Å². The van der Waals surface area contributed by atoms with Crippen molar-refractivity contribution >= 4 is 16.3 Å². The van der Waals surface area contributed by atoms with Crippen molar-refractivity contribution in [1.82, 2.24) is 9.78 Å². The van der Waals surface area contributed by atoms with Gasteiger partial charge in [0.25, 0.3) is 0 Å². The highest BCUT2D eigenvalue weighted by Crippen LogP contribution is 2.48. The van der Waals surface area contributed by atoms with Gasteiger partial charge in [0.15, 0.2) is 11.6 Å². The Morgan fingerprint density at radius 3 is 2.51 bits per heavy atom. The number of hydrogen-bond donors (Lipinski definition) is 0. The van der Waals surface area contributed by atoms with E-state index in [1.165, 1.54) is 39.1 Å². The van der Waals surface area contributed by atoms with Crippen LogP contribution in [0.4, 0.5) is 8.78 Å². The molecular weight excluding hydrogens is 510 g/mol. The van der Waals surface area contributed by atoms with Crippen molar-refractivity contribution in [2.75, 3.05) is 0 Å². The van der Waals surface area contributed by atoms with E-state index in [1.807, 2.05) is 22.9 Å². The zero-order valence-corrected chi connectivity index (χ0v) is 23.3. The molecule has 0 fully saturated rings. The summed E-state index contributed by atoms with van der Waals surface area (Å²) in [7, 11) is 0. The van der Waals surface area contributed by atoms with Gasteiger partial charge in [-0.25, -0.2) is 13.5 Å². The number of rotatable bonds is 5. The van der Waals surface area contributed by atoms with Crippen LogP contribution in [-0.4, -0.2) is 9.78 Å². The lowest BCUT2D eigenvalue weighted by Crippen LogP contribution is -2.24. The highest BCUT2D eigenvalue weighted by Gasteiger charge is 2.35. The van der Waals surface area contributed by atoms with Gasteiger partial charge in [0, 0.05) is 12.1 Å². The lowest BCUT2D eigenvalue weighted by atomic mass is 9.67. The number of benzene rings is 4. The molecule has 0 saturated heterocycles. The quantitative estimate of drug-likeness (QED) is 0.216. The summed E-state index contributed by atoms with van der Waals surface area (Å²) in [5, 5.41) is 7.55. The van der Waals surface area contributed by atoms with Gasteiger partial charge < -0.3 is 0 Å². The molecular formula is C37H32F2N2. The van der Waals surface area contributed by atoms with E-state index in [4.69, 9.17) is 5.10 Å². The first-order chi connectivity index (χ1) is 20.0. The molecule has 2 aliphatic carbocycles. The smallest absolute Gasteiger partial charge is 0.162 e. The Balaban J connectivity index is 1.38. The summed E-state index contributed by atoms with van der Waals surface area (Å²) >= 11 is 0. The standard InChI is InChI=1S/C37H32F2N2/c1-23(2)37-25(22-41(40-37)26-10-4-3-5-11-26)21-34-31-19-17-28-27-12-7-6-9-24(27)15-16-29(28)30(31)18-20-32(34)33-13-8-14-35(38)36(33)39/h3-16,18,20,22-23,32,34H,17,19,21H2,1-2H3. The molecule has 0 aliphatic heterocycles. The van der Waals surface area contributed by atoms with E-state index < -0.39 is 11.6 Å². The molecule has 1 heterocycles. The third kappa shape index (κ3) is 4.42. The maximum atomic E-state index is 15.3. The molecule has 0 saturated carbocycles. The van der Waals surface area contributed by atoms with Gasteiger partial charge in [-0.1, -0.05) is 98.3 Å². The molecule has 2 aliphatic rings. The Hall–Kier alpha value is -4.31. The zero-order valence-electron chi connectivity index (χ0n) is 23.3. The van der Waals surface area contributed by atoms with E-state index in [2.05, 4.69) is 80.7 Å². The molecule has 0 N–H and O–H groups in total. The lowest BCUT2D eigenvalue weighted by molar-refractivity contribution is 0.463. The normalized spacial score (nSPS) is 18.2. The average molecular weight is 543 g/mol. The van der Waals surface area contributed by atoms with Crippen molar-refractivity contribution in [3.05, 3.63) is 148 Å². The number of hydrogen-bond acceptors (Lipinski definition) is 1. The fraction of sp³-hybridized carbons (Fsp3) is 0.216. The van der Waals surface area contributed by atoms with Gasteiger partial charge in [-0.05, 0) is 87.9 Å². The van der Waals surface area contributed by atoms with Gasteiger partial charge in [-0.2, -0.15) is 5.10 Å². The summed E-state index contributed by atoms with van der Waals surface area (Å²) in [6.45, 7) is 4.33. The number of aromatic nitrogens is 2. The van der Waals surface area contributed by atoms with E-state index in [-0.39, 0.29) is 17.8 Å². The van der Waals surface area contributed by atoms with E-state index in [0.29, 0.717) is 12.0 Å². The molecule has 41 heavy (non-hydrogen) atoms. The van der Waals surface area contributed by atoms with Crippen LogP contribution < -0.4 is 0 Å². The van der Waals surface area contributed by atoms with Gasteiger partial charge in [0.1, 0.15) is 0 Å². The van der Waals surface area contributed by atoms with Crippen LogP contribution in [0.3, 0.4) is 0 Å². The van der Waals surface area contributed by atoms with Gasteiger partial charge in [0.2, 0.25) is 0 Å². The van der Waals surface area contributed by atoms with Crippen LogP contribution in [0.5, 0.6) is 0 Å². The van der Waals surface area contributed by atoms with E-state index >= 15 is 4.39 Å². The second-order valence-corrected chi connectivity index (χ2v) is 11.6. The topological polar surface area (TPSA) is 17.8 Å². The number of fused-ring (bicyclic) bond motifs is 4. The Morgan fingerprint density at radius 2 is 1.68 bits per heavy atom. The van der Waals surface area contributed by atoms with Crippen molar-refractivity contribution in [2.24, 2.45) is 5.92 Å². The molecule has 204 valence electrons. The Bertz CT molecular complexity index is 1830. The molecule has 5 aromatic rings. The Kier molecular flexibility index (Phi) is 6.42. The summed E-state index contributed by atoms with van der Waals surface area (Å²) in [5.74, 6) is -1.61. The minimum Gasteiger partial charge on any atom is -0.240 e. The molecule has 1 aromatic heterocycles. The maximum absolute atomic E-state index is 15.3. The number of para-hydroxylation sites is 1. The summed E-state index contributed by atoms with van der Waals surface area (Å²) in [5.41, 5.74) is 8.82. The molecule has 4 heteroatoms. The third-order valence-electron chi connectivity index (χ3n) is 8.84. The van der Waals surface area contributed by atoms with Crippen LogP contribution in [0.1, 0.15) is 60.1 Å². The zero-order chi connectivity index (χ0) is 28.1. The number of allylic oxidation sites excluding steroid dienone is 4. The van der Waals surface area contributed by atoms with Gasteiger partial charge in [-0.15, -0.1) is 0 Å². The van der Waals surface area contributed by atoms with Crippen molar-refractivity contribution in [3.8, 4) is 5.69 Å². The molecule has 2 nitrogen and oxygen atoms in total. The highest BCUT2D eigenvalue weighted by molar-refractivity contribution is 5.94. The van der Waals surface area contributed by atoms with Crippen LogP contribution in [0, 0.1) is 17.6 Å². The third-order valence-corrected chi connectivity index (χ3v) is 8.84. The Labute approximate surface area is 239 Å². The predicted octanol–water partition coefficient (Wildman–Crippen LogP) is 9.34. The monoisotopic (exact) mass is 542 g/mol. The van der Waals surface area contributed by atoms with E-state index in [9.17, 15) is 4.39 Å². The van der Waals surface area contributed by atoms with Crippen LogP contribution in [0.15, 0.2) is 109 Å². The van der Waals surface area contributed by atoms with E-state index in [0.717, 1.165) is 29.8 Å². The highest BCUT2D eigenvalue weighted by atomic mass is 19.2. The SMILES string of the molecule is CC(C)c1nn(-c2ccccc2)cc1CC1C2=C(C=CC1c1cccc(F)c1F)c1ccc3ccccc3c1CC2. The van der Waals surface area contributed by atoms with Crippen LogP contribution in [0.25, 0.3) is 22.0 Å². The molecule has 0 spiro atoms. The summed E-state index contributed by atoms with van der Waals surface area (Å²) in [6, 6.07) is 27.7. The van der Waals surface area contributed by atoms with Crippen LogP contribution in [0.2, 0.25) is 0 Å². The molecule has 0 radical (unpaired) electrons. The molecule has 2 atom stereocenters. The Morgan fingerprint density at radius 1 is 0.878 bits per heavy atom. The first kappa shape index (κ1) is 25.6. The molecule has 0 bridgehead atoms. The van der Waals surface area contributed by atoms with Gasteiger partial charge in [-0.3, -0.25) is 0 Å². The van der Waals surface area contributed by atoms with Crippen molar-refractivity contribution in [1.29, 1.82) is 0 Å². The molecule has 4 aromatic carbocycles. The summed E-state index contributed by atoms with van der Waals surface area (Å²) in [4.78, 5) is 0. The van der Waals surface area contributed by atoms with Crippen LogP contribution >= 0.6 is 0 Å². The lowest BCUT2D eigenvalue weighted by Gasteiger charge is -2.36. The number of nitrogens with zero attached hydrogens (tertiary/aromatic N) is 2. The summed E-state index contributed by atoms with van der Waals surface area (Å²) in [6.07, 6.45) is 8.91. The first-order valence-electron chi connectivity index (χ1n) is 14.5. The fourth-order valence-corrected chi connectivity index (χ4v) is 6.92. The number of aryl methyl sites for hydroxylation is 1. The van der Waals surface area contributed by atoms with Crippen molar-refractivity contribution in [2.45, 2.75) is 44.9 Å². The second kappa shape index (κ2) is 10.3. The molecule has 2 unspecified atom stereocenters. The minimum atomic E-state index is -0.797. The average Bonchev–Trinajstić information content (AvgIpc) is 3.43. The predicted molar refractivity (Wildman–Crippen MR) is 162 cm³/mol. The fourth-order valence-electron chi connectivity index (χ4n) is 6.92.